The van der Waals surface area contributed by atoms with Gasteiger partial charge in [-0.1, -0.05) is 6.92 Å². The predicted octanol–water partition coefficient (Wildman–Crippen LogP) is 1.79. The predicted molar refractivity (Wildman–Crippen MR) is 76.1 cm³/mol. The van der Waals surface area contributed by atoms with Gasteiger partial charge in [-0.3, -0.25) is 4.79 Å². The number of nitrogens with one attached hydrogen (secondary N) is 1. The van der Waals surface area contributed by atoms with Gasteiger partial charge in [-0.2, -0.15) is 0 Å². The van der Waals surface area contributed by atoms with Gasteiger partial charge in [0.15, 0.2) is 0 Å². The molecule has 2 rings (SSSR count). The zero-order chi connectivity index (χ0) is 13.7. The topological polar surface area (TPSA) is 41.6 Å². The first-order valence-electron chi connectivity index (χ1n) is 7.80. The second-order valence-electron chi connectivity index (χ2n) is 6.13. The van der Waals surface area contributed by atoms with Gasteiger partial charge in [0.25, 0.3) is 5.91 Å². The Morgan fingerprint density at radius 1 is 1.42 bits per heavy atom. The van der Waals surface area contributed by atoms with Crippen LogP contribution in [0.15, 0.2) is 0 Å². The molecule has 0 bridgehead atoms. The largest absolute Gasteiger partial charge is 0.365 e. The molecular weight excluding hydrogens is 240 g/mol. The summed E-state index contributed by atoms with van der Waals surface area (Å²) in [6.45, 7) is 8.79. The Labute approximate surface area is 116 Å². The number of hydrogen-bond acceptors (Lipinski definition) is 3. The average molecular weight is 268 g/mol. The van der Waals surface area contributed by atoms with E-state index >= 15 is 0 Å². The Morgan fingerprint density at radius 2 is 2.16 bits per heavy atom. The van der Waals surface area contributed by atoms with E-state index in [4.69, 9.17) is 4.74 Å². The monoisotopic (exact) mass is 268 g/mol. The van der Waals surface area contributed by atoms with Crippen LogP contribution in [0.3, 0.4) is 0 Å². The van der Waals surface area contributed by atoms with Crippen LogP contribution >= 0.6 is 0 Å². The first-order chi connectivity index (χ1) is 9.15. The Hall–Kier alpha value is -0.610. The standard InChI is InChI=1S/C15H28N2O2/c1-3-10-17(12-13-5-8-16-9-6-13)14(18)15(2)7-4-11-19-15/h13,16H,3-12H2,1-2H3. The molecule has 1 amide bonds. The van der Waals surface area contributed by atoms with Crippen molar-refractivity contribution in [2.45, 2.75) is 51.6 Å². The minimum atomic E-state index is -0.553. The smallest absolute Gasteiger partial charge is 0.254 e. The van der Waals surface area contributed by atoms with Gasteiger partial charge >= 0.3 is 0 Å². The van der Waals surface area contributed by atoms with Crippen molar-refractivity contribution in [1.82, 2.24) is 10.2 Å². The zero-order valence-corrected chi connectivity index (χ0v) is 12.4. The van der Waals surface area contributed by atoms with Gasteiger partial charge in [0.1, 0.15) is 5.60 Å². The molecule has 110 valence electrons. The highest BCUT2D eigenvalue weighted by Gasteiger charge is 2.40. The van der Waals surface area contributed by atoms with Crippen LogP contribution in [0.5, 0.6) is 0 Å². The van der Waals surface area contributed by atoms with E-state index in [9.17, 15) is 4.79 Å². The highest BCUT2D eigenvalue weighted by molar-refractivity contribution is 5.85. The second-order valence-corrected chi connectivity index (χ2v) is 6.13. The zero-order valence-electron chi connectivity index (χ0n) is 12.4. The number of rotatable bonds is 5. The maximum Gasteiger partial charge on any atom is 0.254 e. The summed E-state index contributed by atoms with van der Waals surface area (Å²) in [5, 5.41) is 3.38. The molecule has 2 aliphatic rings. The lowest BCUT2D eigenvalue weighted by atomic mass is 9.95. The minimum absolute atomic E-state index is 0.213. The van der Waals surface area contributed by atoms with E-state index < -0.39 is 5.60 Å². The van der Waals surface area contributed by atoms with Crippen molar-refractivity contribution in [3.05, 3.63) is 0 Å². The summed E-state index contributed by atoms with van der Waals surface area (Å²) >= 11 is 0. The molecule has 4 heteroatoms. The fourth-order valence-corrected chi connectivity index (χ4v) is 3.20. The maximum absolute atomic E-state index is 12.7. The molecule has 19 heavy (non-hydrogen) atoms. The molecule has 0 aromatic heterocycles. The highest BCUT2D eigenvalue weighted by Crippen LogP contribution is 2.28. The van der Waals surface area contributed by atoms with Crippen LogP contribution < -0.4 is 5.32 Å². The number of nitrogens with zero attached hydrogens (tertiary/aromatic N) is 1. The van der Waals surface area contributed by atoms with Crippen LogP contribution in [-0.4, -0.2) is 49.2 Å². The molecule has 4 nitrogen and oxygen atoms in total. The summed E-state index contributed by atoms with van der Waals surface area (Å²) in [6, 6.07) is 0. The fraction of sp³-hybridized carbons (Fsp3) is 0.933. The minimum Gasteiger partial charge on any atom is -0.365 e. The lowest BCUT2D eigenvalue weighted by Gasteiger charge is -2.34. The summed E-state index contributed by atoms with van der Waals surface area (Å²) in [7, 11) is 0. The Balaban J connectivity index is 1.95. The number of piperidine rings is 1. The van der Waals surface area contributed by atoms with Gasteiger partial charge in [-0.15, -0.1) is 0 Å². The van der Waals surface area contributed by atoms with Crippen molar-refractivity contribution in [3.63, 3.8) is 0 Å². The molecule has 1 N–H and O–H groups in total. The van der Waals surface area contributed by atoms with Gasteiger partial charge in [-0.25, -0.2) is 0 Å². The molecule has 0 aromatic carbocycles. The summed E-state index contributed by atoms with van der Waals surface area (Å²) in [6.07, 6.45) is 5.27. The molecule has 2 fully saturated rings. The highest BCUT2D eigenvalue weighted by atomic mass is 16.5. The number of carbonyl (C=O) groups is 1. The van der Waals surface area contributed by atoms with Gasteiger partial charge in [0, 0.05) is 19.7 Å². The van der Waals surface area contributed by atoms with Crippen LogP contribution in [-0.2, 0) is 9.53 Å². The van der Waals surface area contributed by atoms with E-state index in [0.29, 0.717) is 5.92 Å². The molecule has 2 aliphatic heterocycles. The van der Waals surface area contributed by atoms with E-state index in [1.165, 1.54) is 12.8 Å². The lowest BCUT2D eigenvalue weighted by molar-refractivity contribution is -0.151. The Bertz CT molecular complexity index is 295. The van der Waals surface area contributed by atoms with Gasteiger partial charge in [0.2, 0.25) is 0 Å². The molecule has 2 saturated heterocycles. The number of ether oxygens (including phenoxy) is 1. The third-order valence-corrected chi connectivity index (χ3v) is 4.39. The van der Waals surface area contributed by atoms with Crippen LogP contribution in [0, 0.1) is 5.92 Å². The SMILES string of the molecule is CCCN(CC1CCNCC1)C(=O)C1(C)CCCO1. The number of amides is 1. The number of carbonyl (C=O) groups excluding carboxylic acids is 1. The maximum atomic E-state index is 12.7. The molecule has 0 aromatic rings. The van der Waals surface area contributed by atoms with Crippen molar-refractivity contribution in [2.75, 3.05) is 32.8 Å². The first kappa shape index (κ1) is 14.8. The lowest BCUT2D eigenvalue weighted by Crippen LogP contribution is -2.49. The van der Waals surface area contributed by atoms with Crippen LogP contribution in [0.25, 0.3) is 0 Å². The molecule has 1 atom stereocenters. The number of hydrogen-bond donors (Lipinski definition) is 1. The Kier molecular flexibility index (Phi) is 5.22. The van der Waals surface area contributed by atoms with Gasteiger partial charge < -0.3 is 15.0 Å². The molecule has 1 unspecified atom stereocenters. The normalized spacial score (nSPS) is 28.5. The van der Waals surface area contributed by atoms with Gasteiger partial charge in [0.05, 0.1) is 0 Å². The van der Waals surface area contributed by atoms with Crippen LogP contribution in [0.4, 0.5) is 0 Å². The Morgan fingerprint density at radius 3 is 2.74 bits per heavy atom. The van der Waals surface area contributed by atoms with Crippen molar-refractivity contribution < 1.29 is 9.53 Å². The molecular formula is C15H28N2O2. The van der Waals surface area contributed by atoms with Crippen LogP contribution in [0.2, 0.25) is 0 Å². The van der Waals surface area contributed by atoms with Crippen molar-refractivity contribution in [3.8, 4) is 0 Å². The summed E-state index contributed by atoms with van der Waals surface area (Å²) < 4.78 is 5.72. The molecule has 0 spiro atoms. The van der Waals surface area contributed by atoms with Crippen molar-refractivity contribution in [2.24, 2.45) is 5.92 Å². The molecule has 0 saturated carbocycles. The quantitative estimate of drug-likeness (QED) is 0.826. The second kappa shape index (κ2) is 6.71. The molecule has 0 aliphatic carbocycles. The summed E-state index contributed by atoms with van der Waals surface area (Å²) in [4.78, 5) is 14.8. The van der Waals surface area contributed by atoms with E-state index in [1.807, 2.05) is 6.92 Å². The molecule has 0 radical (unpaired) electrons. The van der Waals surface area contributed by atoms with E-state index in [1.54, 1.807) is 0 Å². The van der Waals surface area contributed by atoms with E-state index in [2.05, 4.69) is 17.1 Å². The average Bonchev–Trinajstić information content (AvgIpc) is 2.87. The van der Waals surface area contributed by atoms with E-state index in [-0.39, 0.29) is 5.91 Å². The summed E-state index contributed by atoms with van der Waals surface area (Å²) in [5.41, 5.74) is -0.553. The summed E-state index contributed by atoms with van der Waals surface area (Å²) in [5.74, 6) is 0.868. The third kappa shape index (κ3) is 3.69. The van der Waals surface area contributed by atoms with Gasteiger partial charge in [-0.05, 0) is 58.0 Å². The van der Waals surface area contributed by atoms with E-state index in [0.717, 1.165) is 52.0 Å². The van der Waals surface area contributed by atoms with Crippen molar-refractivity contribution >= 4 is 5.91 Å². The fourth-order valence-electron chi connectivity index (χ4n) is 3.20. The van der Waals surface area contributed by atoms with Crippen molar-refractivity contribution in [1.29, 1.82) is 0 Å². The van der Waals surface area contributed by atoms with Crippen LogP contribution in [0.1, 0.15) is 46.0 Å². The third-order valence-electron chi connectivity index (χ3n) is 4.39. The first-order valence-corrected chi connectivity index (χ1v) is 7.80. The molecule has 2 heterocycles.